The maximum atomic E-state index is 12.4. The first kappa shape index (κ1) is 17.4. The van der Waals surface area contributed by atoms with Crippen molar-refractivity contribution in [1.29, 1.82) is 0 Å². The van der Waals surface area contributed by atoms with Crippen LogP contribution in [0.5, 0.6) is 0 Å². The molecule has 0 aromatic rings. The number of nitrogens with one attached hydrogen (secondary N) is 1. The minimum absolute atomic E-state index is 0.113. The normalized spacial score (nSPS) is 29.3. The molecule has 0 bridgehead atoms. The maximum Gasteiger partial charge on any atom is 0.317 e. The van der Waals surface area contributed by atoms with Crippen molar-refractivity contribution in [2.45, 2.75) is 45.3 Å². The Bertz CT molecular complexity index is 449. The summed E-state index contributed by atoms with van der Waals surface area (Å²) in [5.41, 5.74) is -0.573. The van der Waals surface area contributed by atoms with Crippen LogP contribution in [0.2, 0.25) is 0 Å². The number of rotatable bonds is 4. The lowest BCUT2D eigenvalue weighted by Gasteiger charge is -2.30. The first-order valence-corrected chi connectivity index (χ1v) is 9.28. The van der Waals surface area contributed by atoms with E-state index in [1.54, 1.807) is 16.7 Å². The van der Waals surface area contributed by atoms with Gasteiger partial charge in [0.05, 0.1) is 5.41 Å². The molecule has 2 amide bonds. The largest absolute Gasteiger partial charge is 0.481 e. The summed E-state index contributed by atoms with van der Waals surface area (Å²) in [6.45, 7) is 8.06. The highest BCUT2D eigenvalue weighted by Crippen LogP contribution is 2.48. The third-order valence-corrected chi connectivity index (χ3v) is 6.72. The standard InChI is InChI=1S/C16H28N2O3S/c1-15(2,3)12(22-4)8-17-14(21)18-9-11-6-5-7-16(11,10-18)13(19)20/h11-12H,5-10H2,1-4H3,(H,17,21)(H,19,20)/t11-,12?,16+/m0/s1. The van der Waals surface area contributed by atoms with Crippen LogP contribution in [0.4, 0.5) is 4.79 Å². The van der Waals surface area contributed by atoms with Crippen LogP contribution in [0, 0.1) is 16.7 Å². The minimum atomic E-state index is -0.734. The fraction of sp³-hybridized carbons (Fsp3) is 0.875. The lowest BCUT2D eigenvalue weighted by Crippen LogP contribution is -2.45. The van der Waals surface area contributed by atoms with Crippen LogP contribution in [0.3, 0.4) is 0 Å². The fourth-order valence-corrected chi connectivity index (χ4v) is 4.79. The van der Waals surface area contributed by atoms with Crippen molar-refractivity contribution in [2.75, 3.05) is 25.9 Å². The molecule has 2 aliphatic rings. The first-order chi connectivity index (χ1) is 10.2. The van der Waals surface area contributed by atoms with E-state index in [-0.39, 0.29) is 17.4 Å². The van der Waals surface area contributed by atoms with Gasteiger partial charge < -0.3 is 15.3 Å². The monoisotopic (exact) mass is 328 g/mol. The van der Waals surface area contributed by atoms with Gasteiger partial charge in [-0.1, -0.05) is 27.2 Å². The van der Waals surface area contributed by atoms with Crippen molar-refractivity contribution in [1.82, 2.24) is 10.2 Å². The molecule has 2 N–H and O–H groups in total. The van der Waals surface area contributed by atoms with E-state index in [1.807, 2.05) is 0 Å². The maximum absolute atomic E-state index is 12.4. The quantitative estimate of drug-likeness (QED) is 0.832. The lowest BCUT2D eigenvalue weighted by atomic mass is 9.81. The summed E-state index contributed by atoms with van der Waals surface area (Å²) in [6.07, 6.45) is 4.64. The Kier molecular flexibility index (Phi) is 5.00. The van der Waals surface area contributed by atoms with Crippen LogP contribution in [0.25, 0.3) is 0 Å². The molecular formula is C16H28N2O3S. The molecule has 126 valence electrons. The molecule has 0 spiro atoms. The molecule has 1 saturated carbocycles. The highest BCUT2D eigenvalue weighted by Gasteiger charge is 2.55. The van der Waals surface area contributed by atoms with Gasteiger partial charge in [-0.2, -0.15) is 11.8 Å². The second kappa shape index (κ2) is 6.30. The molecule has 2 rings (SSSR count). The number of urea groups is 1. The van der Waals surface area contributed by atoms with E-state index >= 15 is 0 Å². The van der Waals surface area contributed by atoms with E-state index in [0.717, 1.165) is 12.8 Å². The summed E-state index contributed by atoms with van der Waals surface area (Å²) in [4.78, 5) is 25.8. The van der Waals surface area contributed by atoms with Crippen molar-refractivity contribution in [2.24, 2.45) is 16.7 Å². The van der Waals surface area contributed by atoms with Gasteiger partial charge in [0.25, 0.3) is 0 Å². The number of carboxylic acids is 1. The predicted molar refractivity (Wildman–Crippen MR) is 89.1 cm³/mol. The molecule has 1 unspecified atom stereocenters. The molecule has 22 heavy (non-hydrogen) atoms. The Balaban J connectivity index is 1.94. The van der Waals surface area contributed by atoms with Crippen LogP contribution in [-0.4, -0.2) is 53.1 Å². The van der Waals surface area contributed by atoms with Crippen LogP contribution >= 0.6 is 11.8 Å². The highest BCUT2D eigenvalue weighted by atomic mass is 32.2. The molecule has 1 heterocycles. The van der Waals surface area contributed by atoms with Crippen LogP contribution in [0.15, 0.2) is 0 Å². The summed E-state index contributed by atoms with van der Waals surface area (Å²) in [5.74, 6) is -0.614. The molecular weight excluding hydrogens is 300 g/mol. The fourth-order valence-electron chi connectivity index (χ4n) is 3.83. The van der Waals surface area contributed by atoms with Gasteiger partial charge in [-0.25, -0.2) is 4.79 Å². The number of carbonyl (C=O) groups is 2. The first-order valence-electron chi connectivity index (χ1n) is 7.99. The van der Waals surface area contributed by atoms with Gasteiger partial charge >= 0.3 is 12.0 Å². The van der Waals surface area contributed by atoms with E-state index < -0.39 is 11.4 Å². The van der Waals surface area contributed by atoms with Gasteiger partial charge in [0.2, 0.25) is 0 Å². The summed E-state index contributed by atoms with van der Waals surface area (Å²) in [5, 5.41) is 12.9. The van der Waals surface area contributed by atoms with Gasteiger partial charge in [-0.15, -0.1) is 0 Å². The van der Waals surface area contributed by atoms with E-state index in [0.29, 0.717) is 31.3 Å². The number of amides is 2. The molecule has 5 nitrogen and oxygen atoms in total. The molecule has 6 heteroatoms. The topological polar surface area (TPSA) is 69.6 Å². The predicted octanol–water partition coefficient (Wildman–Crippen LogP) is 2.66. The molecule has 3 atom stereocenters. The number of carboxylic acid groups (broad SMARTS) is 1. The van der Waals surface area contributed by atoms with Crippen molar-refractivity contribution < 1.29 is 14.7 Å². The highest BCUT2D eigenvalue weighted by molar-refractivity contribution is 7.99. The molecule has 0 aromatic heterocycles. The summed E-state index contributed by atoms with van der Waals surface area (Å²) >= 11 is 1.75. The zero-order valence-electron chi connectivity index (χ0n) is 14.0. The zero-order valence-corrected chi connectivity index (χ0v) is 14.8. The van der Waals surface area contributed by atoms with Crippen molar-refractivity contribution in [3.63, 3.8) is 0 Å². The molecule has 0 aromatic carbocycles. The van der Waals surface area contributed by atoms with Gasteiger partial charge in [0.15, 0.2) is 0 Å². The SMILES string of the molecule is CSC(CNC(=O)N1C[C@@H]2CCC[C@@]2(C(=O)O)C1)C(C)(C)C. The molecule has 2 fully saturated rings. The second-order valence-electron chi connectivity index (χ2n) is 7.71. The van der Waals surface area contributed by atoms with E-state index in [4.69, 9.17) is 0 Å². The third-order valence-electron chi connectivity index (χ3n) is 5.27. The molecule has 1 aliphatic heterocycles. The second-order valence-corrected chi connectivity index (χ2v) is 8.75. The zero-order chi connectivity index (χ0) is 16.5. The van der Waals surface area contributed by atoms with Gasteiger partial charge in [0, 0.05) is 24.9 Å². The van der Waals surface area contributed by atoms with Crippen LogP contribution < -0.4 is 5.32 Å². The number of likely N-dealkylation sites (tertiary alicyclic amines) is 1. The number of fused-ring (bicyclic) bond motifs is 1. The van der Waals surface area contributed by atoms with Gasteiger partial charge in [-0.05, 0) is 30.4 Å². The Labute approximate surface area is 137 Å². The minimum Gasteiger partial charge on any atom is -0.481 e. The lowest BCUT2D eigenvalue weighted by molar-refractivity contribution is -0.149. The number of hydrogen-bond acceptors (Lipinski definition) is 3. The van der Waals surface area contributed by atoms with Gasteiger partial charge in [0.1, 0.15) is 0 Å². The average Bonchev–Trinajstić information content (AvgIpc) is 2.94. The summed E-state index contributed by atoms with van der Waals surface area (Å²) in [6, 6.07) is -0.113. The molecule has 1 aliphatic carbocycles. The summed E-state index contributed by atoms with van der Waals surface area (Å²) < 4.78 is 0. The number of hydrogen-bond donors (Lipinski definition) is 2. The Morgan fingerprint density at radius 3 is 2.64 bits per heavy atom. The van der Waals surface area contributed by atoms with E-state index in [2.05, 4.69) is 32.3 Å². The summed E-state index contributed by atoms with van der Waals surface area (Å²) in [7, 11) is 0. The Hall–Kier alpha value is -0.910. The van der Waals surface area contributed by atoms with Crippen molar-refractivity contribution in [3.05, 3.63) is 0 Å². The van der Waals surface area contributed by atoms with Crippen LogP contribution in [0.1, 0.15) is 40.0 Å². The number of nitrogens with zero attached hydrogens (tertiary/aromatic N) is 1. The smallest absolute Gasteiger partial charge is 0.317 e. The van der Waals surface area contributed by atoms with Gasteiger partial charge in [-0.3, -0.25) is 4.79 Å². The van der Waals surface area contributed by atoms with Crippen molar-refractivity contribution >= 4 is 23.8 Å². The third kappa shape index (κ3) is 3.21. The Morgan fingerprint density at radius 1 is 1.45 bits per heavy atom. The van der Waals surface area contributed by atoms with E-state index in [1.165, 1.54) is 0 Å². The average molecular weight is 328 g/mol. The number of thioether (sulfide) groups is 1. The molecule has 1 saturated heterocycles. The number of aliphatic carboxylic acids is 1. The molecule has 0 radical (unpaired) electrons. The number of carbonyl (C=O) groups excluding carboxylic acids is 1. The van der Waals surface area contributed by atoms with Crippen molar-refractivity contribution in [3.8, 4) is 0 Å². The van der Waals surface area contributed by atoms with E-state index in [9.17, 15) is 14.7 Å². The Morgan fingerprint density at radius 2 is 2.14 bits per heavy atom. The van der Waals surface area contributed by atoms with Crippen LogP contribution in [-0.2, 0) is 4.79 Å².